The van der Waals surface area contributed by atoms with Crippen LogP contribution in [0.15, 0.2) is 0 Å². The topological polar surface area (TPSA) is 0 Å². The van der Waals surface area contributed by atoms with Gasteiger partial charge in [0.15, 0.2) is 0 Å². The van der Waals surface area contributed by atoms with Crippen LogP contribution in [0.2, 0.25) is 0 Å². The van der Waals surface area contributed by atoms with Crippen LogP contribution in [0.4, 0.5) is 0 Å². The molecule has 0 aliphatic heterocycles. The predicted octanol–water partition coefficient (Wildman–Crippen LogP) is 28.1. The van der Waals surface area contributed by atoms with E-state index in [1.165, 1.54) is 130 Å². The van der Waals surface area contributed by atoms with Crippen LogP contribution >= 0.6 is 0 Å². The van der Waals surface area contributed by atoms with E-state index < -0.39 is 0 Å². The smallest absolute Gasteiger partial charge is 0.0329 e. The van der Waals surface area contributed by atoms with Crippen LogP contribution in [-0.2, 0) is 0 Å². The van der Waals surface area contributed by atoms with Crippen molar-refractivity contribution in [3.05, 3.63) is 0 Å². The molecule has 30 atom stereocenters. The third-order valence-corrected chi connectivity index (χ3v) is 38.3. The van der Waals surface area contributed by atoms with E-state index in [9.17, 15) is 0 Å². The third kappa shape index (κ3) is 14.4. The minimum absolute atomic E-state index is 1.15. The highest BCUT2D eigenvalue weighted by Crippen LogP contribution is 2.64. The lowest BCUT2D eigenvalue weighted by atomic mass is 9.48. The third-order valence-electron chi connectivity index (χ3n) is 38.3. The van der Waals surface area contributed by atoms with E-state index in [1.54, 1.807) is 398 Å². The molecule has 0 aromatic carbocycles. The molecule has 0 radical (unpaired) electrons. The van der Waals surface area contributed by atoms with Gasteiger partial charge in [-0.3, -0.25) is 0 Å². The average Bonchev–Trinajstić information content (AvgIpc) is 1.17. The van der Waals surface area contributed by atoms with Crippen molar-refractivity contribution < 1.29 is 0 Å². The second-order valence-corrected chi connectivity index (χ2v) is 41.5. The molecule has 94 heavy (non-hydrogen) atoms. The van der Waals surface area contributed by atoms with Crippen LogP contribution < -0.4 is 0 Å². The van der Waals surface area contributed by atoms with Gasteiger partial charge in [-0.15, -0.1) is 0 Å². The van der Waals surface area contributed by atoms with Crippen LogP contribution in [0.5, 0.6) is 0 Å². The SMILES string of the molecule is C1CC2CCCC2C2CC2C1.C1CC2CCCC3CCC(C1)C23.C1CCC2C(C1)CCC1C2CCC2C3CCCCC3CCC21.C1CCC2C(C1)CCC1C3CCCC3CCC21.C1CCC2C(C1)CCC1C3CCCCC3CCC21.C1CCC2C(C1)CCC1CCCCC12. The van der Waals surface area contributed by atoms with Crippen molar-refractivity contribution in [3.8, 4) is 0 Å². The summed E-state index contributed by atoms with van der Waals surface area (Å²) in [4.78, 5) is 0. The maximum atomic E-state index is 1.64. The monoisotopic (exact) mass is 1290 g/mol. The van der Waals surface area contributed by atoms with E-state index in [2.05, 4.69) is 0 Å². The molecule has 0 nitrogen and oxygen atoms in total. The zero-order valence-electron chi connectivity index (χ0n) is 62.3. The second kappa shape index (κ2) is 31.5. The zero-order valence-corrected chi connectivity index (χ0v) is 62.3. The molecule has 0 spiro atoms. The molecular formula is C94H156. The van der Waals surface area contributed by atoms with E-state index in [-0.39, 0.29) is 0 Å². The van der Waals surface area contributed by atoms with Crippen LogP contribution in [-0.4, -0.2) is 0 Å². The highest BCUT2D eigenvalue weighted by atomic mass is 14.6. The number of hydrogen-bond acceptors (Lipinski definition) is 0. The van der Waals surface area contributed by atoms with E-state index in [0.717, 1.165) is 59.2 Å². The van der Waals surface area contributed by atoms with Crippen molar-refractivity contribution in [1.29, 1.82) is 0 Å². The Morgan fingerprint density at radius 1 is 0.0851 bits per heavy atom. The lowest BCUT2D eigenvalue weighted by molar-refractivity contribution is -0.0786. The first-order chi connectivity index (χ1) is 46.6. The molecule has 22 aliphatic carbocycles. The van der Waals surface area contributed by atoms with Gasteiger partial charge >= 0.3 is 0 Å². The maximum Gasteiger partial charge on any atom is -0.0329 e. The van der Waals surface area contributed by atoms with Crippen LogP contribution in [0.3, 0.4) is 0 Å². The summed E-state index contributed by atoms with van der Waals surface area (Å²) in [6.45, 7) is 0. The maximum absolute atomic E-state index is 1.64. The van der Waals surface area contributed by atoms with Crippen LogP contribution in [0.1, 0.15) is 398 Å². The highest BCUT2D eigenvalue weighted by Gasteiger charge is 2.54. The average molecular weight is 1290 g/mol. The Balaban J connectivity index is 0.0000000871. The zero-order chi connectivity index (χ0) is 62.3. The van der Waals surface area contributed by atoms with Gasteiger partial charge in [0, 0.05) is 0 Å². The summed E-state index contributed by atoms with van der Waals surface area (Å²) < 4.78 is 0. The summed E-state index contributed by atoms with van der Waals surface area (Å²) in [5.41, 5.74) is 0. The predicted molar refractivity (Wildman–Crippen MR) is 398 cm³/mol. The molecule has 0 bridgehead atoms. The molecule has 0 aromatic rings. The van der Waals surface area contributed by atoms with E-state index >= 15 is 0 Å². The van der Waals surface area contributed by atoms with E-state index in [0.29, 0.717) is 0 Å². The minimum atomic E-state index is 1.15. The standard InChI is InChI=1S/C22H36.C18H30.C17H28.C14H24.C12H20.C11H18/c1-3-7-17-15(5-1)9-11-21-19(17)13-14-20-18-8-4-2-6-16(18)10-12-22(20)21;1-3-7-15-13(5-1)9-11-18-16-8-4-2-6-14(16)10-12-17(15)18;1-2-6-14-12(4-1)8-10-17-15-7-3-5-13(15)9-11-16(14)17;1-3-7-13-11(5-1)9-10-12-6-2-4-8-14(12)13;1-3-9-4-2-6-11-8-7-10(5-1)12(9)11;1-3-8-4-2-6-10(8)11-7-9(11)5-1/h15-22H,1-14H2;13-18H,1-12H2;12-17H,1-11H2;11-14H,1-10H2;9-12H,1-8H2;8-11H,1-7H2. The fourth-order valence-corrected chi connectivity index (χ4v) is 34.5. The summed E-state index contributed by atoms with van der Waals surface area (Å²) in [6.07, 6.45) is 98.2. The molecule has 22 rings (SSSR count). The molecule has 22 saturated carbocycles. The molecular weight excluding hydrogens is 1130 g/mol. The number of rotatable bonds is 0. The Morgan fingerprint density at radius 3 is 0.532 bits per heavy atom. The Morgan fingerprint density at radius 2 is 0.234 bits per heavy atom. The first-order valence-corrected chi connectivity index (χ1v) is 46.6. The minimum Gasteiger partial charge on any atom is -0.0530 e. The normalized spacial score (nSPS) is 52.6. The van der Waals surface area contributed by atoms with Gasteiger partial charge in [-0.2, -0.15) is 0 Å². The van der Waals surface area contributed by atoms with Crippen molar-refractivity contribution in [3.63, 3.8) is 0 Å². The van der Waals surface area contributed by atoms with Crippen molar-refractivity contribution in [2.75, 3.05) is 0 Å². The van der Waals surface area contributed by atoms with Crippen LogP contribution in [0, 0.1) is 189 Å². The van der Waals surface area contributed by atoms with E-state index in [4.69, 9.17) is 0 Å². The molecule has 532 valence electrons. The number of fused-ring (bicyclic) bond motifs is 23. The molecule has 0 amide bonds. The van der Waals surface area contributed by atoms with Gasteiger partial charge < -0.3 is 0 Å². The van der Waals surface area contributed by atoms with Crippen molar-refractivity contribution in [2.24, 2.45) is 189 Å². The largest absolute Gasteiger partial charge is 0.0530 e. The summed E-state index contributed by atoms with van der Waals surface area (Å²) in [5, 5.41) is 0. The fourth-order valence-electron chi connectivity index (χ4n) is 34.5. The quantitative estimate of drug-likeness (QED) is 0.227. The molecule has 0 heterocycles. The molecule has 30 unspecified atom stereocenters. The van der Waals surface area contributed by atoms with Gasteiger partial charge in [0.1, 0.15) is 0 Å². The molecule has 0 aromatic heterocycles. The van der Waals surface area contributed by atoms with Crippen molar-refractivity contribution in [1.82, 2.24) is 0 Å². The Kier molecular flexibility index (Phi) is 22.5. The van der Waals surface area contributed by atoms with Gasteiger partial charge in [0.05, 0.1) is 0 Å². The lowest BCUT2D eigenvalue weighted by Gasteiger charge is -2.57. The van der Waals surface area contributed by atoms with Gasteiger partial charge in [-0.25, -0.2) is 0 Å². The summed E-state index contributed by atoms with van der Waals surface area (Å²) in [6, 6.07) is 0. The van der Waals surface area contributed by atoms with Crippen molar-refractivity contribution in [2.45, 2.75) is 398 Å². The Bertz CT molecular complexity index is 2200. The van der Waals surface area contributed by atoms with Crippen molar-refractivity contribution >= 4 is 0 Å². The molecule has 0 N–H and O–H groups in total. The molecule has 22 fully saturated rings. The Hall–Kier alpha value is 0. The summed E-state index contributed by atoms with van der Waals surface area (Å²) >= 11 is 0. The molecule has 0 saturated heterocycles. The summed E-state index contributed by atoms with van der Waals surface area (Å²) in [7, 11) is 0. The van der Waals surface area contributed by atoms with Crippen LogP contribution in [0.25, 0.3) is 0 Å². The highest BCUT2D eigenvalue weighted by molar-refractivity contribution is 5.04. The molecule has 0 heteroatoms. The Labute approximate surface area is 584 Å². The second-order valence-electron chi connectivity index (χ2n) is 41.5. The lowest BCUT2D eigenvalue weighted by Crippen LogP contribution is -2.49. The van der Waals surface area contributed by atoms with Gasteiger partial charge in [-0.1, -0.05) is 218 Å². The first-order valence-electron chi connectivity index (χ1n) is 46.6. The van der Waals surface area contributed by atoms with Gasteiger partial charge in [0.25, 0.3) is 0 Å². The van der Waals surface area contributed by atoms with E-state index in [1.807, 2.05) is 0 Å². The molecule has 22 aliphatic rings. The summed E-state index contributed by atoms with van der Waals surface area (Å²) in [5.74, 6) is 37.4. The number of hydrogen-bond donors (Lipinski definition) is 0. The fraction of sp³-hybridized carbons (Fsp3) is 1.00. The van der Waals surface area contributed by atoms with Gasteiger partial charge in [-0.05, 0) is 369 Å². The van der Waals surface area contributed by atoms with Gasteiger partial charge in [0.2, 0.25) is 0 Å². The first kappa shape index (κ1) is 67.2.